The zero-order valence-corrected chi connectivity index (χ0v) is 20.3. The molecule has 9 nitrogen and oxygen atoms in total. The van der Waals surface area contributed by atoms with Gasteiger partial charge in [0.1, 0.15) is 28.7 Å². The molecule has 1 aromatic carbocycles. The van der Waals surface area contributed by atoms with Crippen LogP contribution in [-0.2, 0) is 4.79 Å². The van der Waals surface area contributed by atoms with Gasteiger partial charge in [0.15, 0.2) is 0 Å². The molecule has 1 unspecified atom stereocenters. The van der Waals surface area contributed by atoms with Crippen LogP contribution in [0.4, 0.5) is 11.6 Å². The Balaban J connectivity index is 1.39. The number of amides is 2. The molecule has 0 radical (unpaired) electrons. The summed E-state index contributed by atoms with van der Waals surface area (Å²) in [5.41, 5.74) is 8.98. The first-order valence-electron chi connectivity index (χ1n) is 12.3. The molecular weight excluding hydrogens is 466 g/mol. The molecule has 3 aromatic heterocycles. The molecule has 4 heterocycles. The highest BCUT2D eigenvalue weighted by Gasteiger charge is 2.50. The van der Waals surface area contributed by atoms with E-state index in [1.54, 1.807) is 43.6 Å². The second-order valence-corrected chi connectivity index (χ2v) is 9.36. The highest BCUT2D eigenvalue weighted by atomic mass is 16.2. The zero-order valence-electron chi connectivity index (χ0n) is 20.3. The Morgan fingerprint density at radius 2 is 1.92 bits per heavy atom. The summed E-state index contributed by atoms with van der Waals surface area (Å²) in [5.74, 6) is 6.96. The molecule has 9 heteroatoms. The molecule has 1 saturated carbocycles. The van der Waals surface area contributed by atoms with Crippen LogP contribution in [-0.4, -0.2) is 42.1 Å². The number of fused-ring (bicyclic) bond motifs is 3. The van der Waals surface area contributed by atoms with Crippen molar-refractivity contribution < 1.29 is 9.59 Å². The van der Waals surface area contributed by atoms with E-state index in [2.05, 4.69) is 27.1 Å². The molecule has 1 aliphatic heterocycles. The molecule has 2 fully saturated rings. The Bertz CT molecular complexity index is 1570. The van der Waals surface area contributed by atoms with Crippen molar-refractivity contribution in [2.24, 2.45) is 5.92 Å². The number of carbonyl (C=O) groups is 2. The summed E-state index contributed by atoms with van der Waals surface area (Å²) in [6, 6.07) is 12.5. The van der Waals surface area contributed by atoms with E-state index in [0.29, 0.717) is 34.3 Å². The van der Waals surface area contributed by atoms with Crippen molar-refractivity contribution in [2.45, 2.75) is 38.3 Å². The molecule has 0 spiro atoms. The summed E-state index contributed by atoms with van der Waals surface area (Å²) in [5, 5.41) is 2.79. The number of piperidine rings is 1. The van der Waals surface area contributed by atoms with Gasteiger partial charge in [-0.2, -0.15) is 0 Å². The van der Waals surface area contributed by atoms with Crippen LogP contribution in [0.3, 0.4) is 0 Å². The molecule has 184 valence electrons. The maximum absolute atomic E-state index is 13.0. The smallest absolute Gasteiger partial charge is 0.299 e. The summed E-state index contributed by atoms with van der Waals surface area (Å²) in [6.07, 6.45) is 8.09. The van der Waals surface area contributed by atoms with Crippen molar-refractivity contribution >= 4 is 29.0 Å². The van der Waals surface area contributed by atoms with E-state index in [1.807, 2.05) is 33.7 Å². The van der Waals surface area contributed by atoms with Gasteiger partial charge in [-0.05, 0) is 62.3 Å². The van der Waals surface area contributed by atoms with Gasteiger partial charge in [-0.25, -0.2) is 15.0 Å². The predicted molar refractivity (Wildman–Crippen MR) is 139 cm³/mol. The first-order valence-corrected chi connectivity index (χ1v) is 12.3. The number of likely N-dealkylation sites (tertiary alicyclic amines) is 1. The molecule has 3 atom stereocenters. The van der Waals surface area contributed by atoms with Gasteiger partial charge in [-0.3, -0.25) is 14.0 Å². The molecule has 4 aromatic rings. The van der Waals surface area contributed by atoms with Crippen molar-refractivity contribution in [1.82, 2.24) is 24.3 Å². The quantitative estimate of drug-likeness (QED) is 0.420. The monoisotopic (exact) mass is 491 g/mol. The lowest BCUT2D eigenvalue weighted by Gasteiger charge is -2.33. The molecule has 3 N–H and O–H groups in total. The number of rotatable bonds is 4. The van der Waals surface area contributed by atoms with Crippen LogP contribution >= 0.6 is 0 Å². The molecule has 2 amide bonds. The first kappa shape index (κ1) is 22.7. The van der Waals surface area contributed by atoms with Crippen LogP contribution in [0.5, 0.6) is 0 Å². The largest absolute Gasteiger partial charge is 0.382 e. The van der Waals surface area contributed by atoms with E-state index in [0.717, 1.165) is 30.7 Å². The van der Waals surface area contributed by atoms with E-state index in [4.69, 9.17) is 10.7 Å². The third-order valence-corrected chi connectivity index (χ3v) is 7.25. The van der Waals surface area contributed by atoms with Crippen LogP contribution in [0.25, 0.3) is 16.8 Å². The van der Waals surface area contributed by atoms with Gasteiger partial charge in [0, 0.05) is 35.8 Å². The lowest BCUT2D eigenvalue weighted by Crippen LogP contribution is -2.40. The van der Waals surface area contributed by atoms with Crippen molar-refractivity contribution in [3.05, 3.63) is 72.4 Å². The summed E-state index contributed by atoms with van der Waals surface area (Å²) in [4.78, 5) is 41.0. The molecular formula is C28H25N7O2. The Hall–Kier alpha value is -4.71. The van der Waals surface area contributed by atoms with Crippen molar-refractivity contribution in [3.8, 4) is 23.1 Å². The van der Waals surface area contributed by atoms with E-state index in [1.165, 1.54) is 0 Å². The minimum Gasteiger partial charge on any atom is -0.382 e. The average molecular weight is 492 g/mol. The van der Waals surface area contributed by atoms with Gasteiger partial charge in [-0.15, -0.1) is 0 Å². The number of nitrogens with one attached hydrogen (secondary N) is 1. The lowest BCUT2D eigenvalue weighted by atomic mass is 9.98. The van der Waals surface area contributed by atoms with Crippen molar-refractivity contribution in [3.63, 3.8) is 0 Å². The first-order chi connectivity index (χ1) is 18.0. The number of nitrogen functional groups attached to an aromatic ring is 1. The minimum atomic E-state index is -0.255. The third kappa shape index (κ3) is 3.87. The number of hydrogen-bond donors (Lipinski definition) is 2. The van der Waals surface area contributed by atoms with Crippen LogP contribution in [0.2, 0.25) is 0 Å². The van der Waals surface area contributed by atoms with Crippen LogP contribution in [0.1, 0.15) is 48.4 Å². The molecule has 1 aliphatic carbocycles. The number of aromatic nitrogens is 4. The summed E-state index contributed by atoms with van der Waals surface area (Å²) < 4.78 is 1.95. The van der Waals surface area contributed by atoms with Gasteiger partial charge in [0.25, 0.3) is 11.8 Å². The fourth-order valence-electron chi connectivity index (χ4n) is 5.69. The van der Waals surface area contributed by atoms with Crippen LogP contribution < -0.4 is 11.1 Å². The number of carbonyl (C=O) groups excluding carboxylic acids is 2. The van der Waals surface area contributed by atoms with Crippen LogP contribution in [0, 0.1) is 17.8 Å². The Morgan fingerprint density at radius 1 is 1.08 bits per heavy atom. The molecule has 37 heavy (non-hydrogen) atoms. The second-order valence-electron chi connectivity index (χ2n) is 9.36. The minimum absolute atomic E-state index is 0.164. The van der Waals surface area contributed by atoms with Gasteiger partial charge in [-0.1, -0.05) is 24.1 Å². The number of pyridine rings is 1. The van der Waals surface area contributed by atoms with E-state index < -0.39 is 0 Å². The maximum atomic E-state index is 13.0. The number of nitrogens with two attached hydrogens (primary N) is 1. The lowest BCUT2D eigenvalue weighted by molar-refractivity contribution is -0.129. The number of benzene rings is 1. The number of hydrogen-bond acceptors (Lipinski definition) is 6. The van der Waals surface area contributed by atoms with E-state index >= 15 is 0 Å². The third-order valence-electron chi connectivity index (χ3n) is 7.25. The van der Waals surface area contributed by atoms with Gasteiger partial charge < -0.3 is 16.0 Å². The van der Waals surface area contributed by atoms with E-state index in [9.17, 15) is 9.59 Å². The molecule has 2 bridgehead atoms. The van der Waals surface area contributed by atoms with Crippen LogP contribution in [0.15, 0.2) is 61.1 Å². The highest BCUT2D eigenvalue weighted by molar-refractivity contribution is 6.04. The summed E-state index contributed by atoms with van der Waals surface area (Å²) in [6.45, 7) is 1.68. The predicted octanol–water partition coefficient (Wildman–Crippen LogP) is 3.70. The summed E-state index contributed by atoms with van der Waals surface area (Å²) >= 11 is 0. The van der Waals surface area contributed by atoms with Gasteiger partial charge >= 0.3 is 0 Å². The SMILES string of the molecule is CC#CC(=O)N1C(c2nc(-c3ccc(C(=O)Nc4ccccn4)cc3)c3c(N)nccn23)[C@H]2CC[C@@H]1C2. The maximum Gasteiger partial charge on any atom is 0.299 e. The van der Waals surface area contributed by atoms with Crippen molar-refractivity contribution in [1.29, 1.82) is 0 Å². The topological polar surface area (TPSA) is 119 Å². The second kappa shape index (κ2) is 9.06. The fourth-order valence-corrected chi connectivity index (χ4v) is 5.69. The summed E-state index contributed by atoms with van der Waals surface area (Å²) in [7, 11) is 0. The Labute approximate surface area is 213 Å². The average Bonchev–Trinajstić information content (AvgIpc) is 3.63. The fraction of sp³-hybridized carbons (Fsp3) is 0.250. The normalized spacial score (nSPS) is 20.0. The van der Waals surface area contributed by atoms with Crippen molar-refractivity contribution in [2.75, 3.05) is 11.1 Å². The Kier molecular flexibility index (Phi) is 5.57. The van der Waals surface area contributed by atoms with Gasteiger partial charge in [0.05, 0.1) is 6.04 Å². The number of nitrogens with zero attached hydrogens (tertiary/aromatic N) is 5. The van der Waals surface area contributed by atoms with Gasteiger partial charge in [0.2, 0.25) is 0 Å². The molecule has 2 aliphatic rings. The Morgan fingerprint density at radius 3 is 2.68 bits per heavy atom. The standard InChI is InChI=1S/C28H25N7O2/c1-2-5-22(36)35-20-12-11-19(16-20)24(35)27-33-23(25-26(29)31-14-15-34(25)27)17-7-9-18(10-8-17)28(37)32-21-6-3-4-13-30-21/h3-4,6-10,13-15,19-20,24H,11-12,16H2,1H3,(H2,29,31)(H,30,32,37)/t19-,20+,24?/m0/s1. The molecule has 6 rings (SSSR count). The van der Waals surface area contributed by atoms with E-state index in [-0.39, 0.29) is 23.9 Å². The number of imidazole rings is 1. The zero-order chi connectivity index (χ0) is 25.5. The number of anilines is 2. The molecule has 1 saturated heterocycles. The highest BCUT2D eigenvalue weighted by Crippen LogP contribution is 2.50.